The molecule has 0 aliphatic heterocycles. The first-order chi connectivity index (χ1) is 19.5. The fourth-order valence-electron chi connectivity index (χ4n) is 4.73. The molecule has 5 nitrogen and oxygen atoms in total. The fourth-order valence-corrected chi connectivity index (χ4v) is 4.73. The Kier molecular flexibility index (Phi) is 11.1. The molecule has 1 N–H and O–H groups in total. The number of aromatic nitrogens is 3. The van der Waals surface area contributed by atoms with E-state index in [2.05, 4.69) is 20.8 Å². The first-order valence-corrected chi connectivity index (χ1v) is 14.9. The van der Waals surface area contributed by atoms with Crippen molar-refractivity contribution in [2.24, 2.45) is 0 Å². The molecule has 0 fully saturated rings. The fraction of sp³-hybridized carbons (Fsp3) is 0.400. The highest BCUT2D eigenvalue weighted by molar-refractivity contribution is 5.70. The van der Waals surface area contributed by atoms with Gasteiger partial charge in [0.25, 0.3) is 0 Å². The Balaban J connectivity index is 1.41. The van der Waals surface area contributed by atoms with Crippen LogP contribution >= 0.6 is 0 Å². The van der Waals surface area contributed by atoms with E-state index in [-0.39, 0.29) is 5.75 Å². The number of aryl methyl sites for hydroxylation is 2. The highest BCUT2D eigenvalue weighted by atomic mass is 16.5. The molecule has 0 aliphatic carbocycles. The lowest BCUT2D eigenvalue weighted by atomic mass is 10.1. The molecule has 0 aliphatic rings. The number of phenols is 1. The molecular weight excluding hydrogens is 494 g/mol. The van der Waals surface area contributed by atoms with Gasteiger partial charge in [0.1, 0.15) is 11.5 Å². The number of hydrogen-bond donors (Lipinski definition) is 1. The van der Waals surface area contributed by atoms with Gasteiger partial charge < -0.3 is 9.84 Å². The topological polar surface area (TPSA) is 68.1 Å². The van der Waals surface area contributed by atoms with E-state index in [1.54, 1.807) is 6.07 Å². The van der Waals surface area contributed by atoms with Crippen LogP contribution in [0.1, 0.15) is 82.3 Å². The summed E-state index contributed by atoms with van der Waals surface area (Å²) in [4.78, 5) is 14.3. The molecule has 1 heterocycles. The number of aromatic hydroxyl groups is 1. The maximum atomic E-state index is 10.9. The highest BCUT2D eigenvalue weighted by Crippen LogP contribution is 2.33. The van der Waals surface area contributed by atoms with E-state index in [9.17, 15) is 5.11 Å². The van der Waals surface area contributed by atoms with Gasteiger partial charge in [-0.15, -0.1) is 0 Å². The summed E-state index contributed by atoms with van der Waals surface area (Å²) in [7, 11) is 0. The average Bonchev–Trinajstić information content (AvgIpc) is 2.96. The molecule has 4 rings (SSSR count). The second kappa shape index (κ2) is 15.2. The lowest BCUT2D eigenvalue weighted by Crippen LogP contribution is -2.01. The number of phenolic OH excluding ortho intramolecular Hbond substituents is 1. The van der Waals surface area contributed by atoms with Crippen molar-refractivity contribution in [1.82, 2.24) is 15.0 Å². The van der Waals surface area contributed by atoms with Gasteiger partial charge in [-0.05, 0) is 32.4 Å². The Morgan fingerprint density at radius 2 is 1.05 bits per heavy atom. The van der Waals surface area contributed by atoms with Crippen molar-refractivity contribution in [2.75, 3.05) is 6.61 Å². The SMILES string of the molecule is CCCCCCCCCCCCOc1ccc(-c2nc(-c3ccc(C)cc3)nc(-c3ccc(C)cc3)n2)c(O)c1. The predicted octanol–water partition coefficient (Wildman–Crippen LogP) is 9.49. The van der Waals surface area contributed by atoms with E-state index in [0.717, 1.165) is 17.5 Å². The quantitative estimate of drug-likeness (QED) is 0.153. The Labute approximate surface area is 239 Å². The summed E-state index contributed by atoms with van der Waals surface area (Å²) >= 11 is 0. The zero-order chi connectivity index (χ0) is 28.2. The molecule has 0 unspecified atom stereocenters. The third kappa shape index (κ3) is 8.64. The summed E-state index contributed by atoms with van der Waals surface area (Å²) in [6.45, 7) is 7.02. The third-order valence-electron chi connectivity index (χ3n) is 7.23. The minimum Gasteiger partial charge on any atom is -0.507 e. The smallest absolute Gasteiger partial charge is 0.167 e. The molecule has 0 saturated heterocycles. The van der Waals surface area contributed by atoms with Gasteiger partial charge in [0.2, 0.25) is 0 Å². The molecule has 5 heteroatoms. The van der Waals surface area contributed by atoms with Crippen molar-refractivity contribution in [1.29, 1.82) is 0 Å². The zero-order valence-electron chi connectivity index (χ0n) is 24.3. The second-order valence-corrected chi connectivity index (χ2v) is 10.7. The molecule has 40 heavy (non-hydrogen) atoms. The summed E-state index contributed by atoms with van der Waals surface area (Å²) in [5.41, 5.74) is 4.69. The van der Waals surface area contributed by atoms with Crippen molar-refractivity contribution in [3.8, 4) is 45.7 Å². The van der Waals surface area contributed by atoms with Crippen LogP contribution in [0.5, 0.6) is 11.5 Å². The standard InChI is InChI=1S/C35H43N3O2/c1-4-5-6-7-8-9-10-11-12-13-24-40-30-22-23-31(32(39)25-30)35-37-33(28-18-14-26(2)15-19-28)36-34(38-35)29-20-16-27(3)17-21-29/h14-23,25,39H,4-13,24H2,1-3H3. The first kappa shape index (κ1) is 29.3. The van der Waals surface area contributed by atoms with Crippen LogP contribution in [0, 0.1) is 13.8 Å². The third-order valence-corrected chi connectivity index (χ3v) is 7.23. The average molecular weight is 538 g/mol. The molecule has 0 saturated carbocycles. The Morgan fingerprint density at radius 1 is 0.575 bits per heavy atom. The van der Waals surface area contributed by atoms with Crippen LogP contribution < -0.4 is 4.74 Å². The lowest BCUT2D eigenvalue weighted by Gasteiger charge is -2.11. The van der Waals surface area contributed by atoms with Crippen LogP contribution in [0.4, 0.5) is 0 Å². The monoisotopic (exact) mass is 537 g/mol. The number of rotatable bonds is 15. The molecule has 0 atom stereocenters. The maximum absolute atomic E-state index is 10.9. The van der Waals surface area contributed by atoms with Crippen molar-refractivity contribution in [3.63, 3.8) is 0 Å². The number of ether oxygens (including phenoxy) is 1. The van der Waals surface area contributed by atoms with Crippen molar-refractivity contribution in [3.05, 3.63) is 77.9 Å². The van der Waals surface area contributed by atoms with Gasteiger partial charge in [-0.25, -0.2) is 15.0 Å². The Hall–Kier alpha value is -3.73. The van der Waals surface area contributed by atoms with Crippen molar-refractivity contribution < 1.29 is 9.84 Å². The van der Waals surface area contributed by atoms with Crippen molar-refractivity contribution in [2.45, 2.75) is 85.0 Å². The lowest BCUT2D eigenvalue weighted by molar-refractivity contribution is 0.302. The van der Waals surface area contributed by atoms with E-state index in [4.69, 9.17) is 19.7 Å². The van der Waals surface area contributed by atoms with Crippen LogP contribution in [0.15, 0.2) is 66.7 Å². The summed E-state index contributed by atoms with van der Waals surface area (Å²) < 4.78 is 5.95. The summed E-state index contributed by atoms with van der Waals surface area (Å²) in [6.07, 6.45) is 12.9. The van der Waals surface area contributed by atoms with Crippen LogP contribution in [0.2, 0.25) is 0 Å². The molecule has 4 aromatic rings. The molecule has 0 amide bonds. The van der Waals surface area contributed by atoms with E-state index in [0.29, 0.717) is 35.4 Å². The minimum atomic E-state index is 0.0940. The summed E-state index contributed by atoms with van der Waals surface area (Å²) in [5.74, 6) is 2.32. The number of benzene rings is 3. The van der Waals surface area contributed by atoms with E-state index < -0.39 is 0 Å². The van der Waals surface area contributed by atoms with Crippen LogP contribution in [0.3, 0.4) is 0 Å². The maximum Gasteiger partial charge on any atom is 0.167 e. The van der Waals surface area contributed by atoms with Gasteiger partial charge in [0.15, 0.2) is 17.5 Å². The van der Waals surface area contributed by atoms with Crippen LogP contribution in [-0.2, 0) is 0 Å². The van der Waals surface area contributed by atoms with Gasteiger partial charge in [0, 0.05) is 17.2 Å². The van der Waals surface area contributed by atoms with Gasteiger partial charge in [0.05, 0.1) is 12.2 Å². The van der Waals surface area contributed by atoms with Gasteiger partial charge >= 0.3 is 0 Å². The second-order valence-electron chi connectivity index (χ2n) is 10.7. The minimum absolute atomic E-state index is 0.0940. The van der Waals surface area contributed by atoms with Crippen molar-refractivity contribution >= 4 is 0 Å². The predicted molar refractivity (Wildman–Crippen MR) is 165 cm³/mol. The molecule has 210 valence electrons. The normalized spacial score (nSPS) is 11.1. The summed E-state index contributed by atoms with van der Waals surface area (Å²) in [5, 5.41) is 10.9. The number of hydrogen-bond acceptors (Lipinski definition) is 5. The molecular formula is C35H43N3O2. The number of unbranched alkanes of at least 4 members (excludes halogenated alkanes) is 9. The van der Waals surface area contributed by atoms with Gasteiger partial charge in [-0.3, -0.25) is 0 Å². The molecule has 0 radical (unpaired) electrons. The molecule has 0 bridgehead atoms. The van der Waals surface area contributed by atoms with Gasteiger partial charge in [-0.2, -0.15) is 0 Å². The highest BCUT2D eigenvalue weighted by Gasteiger charge is 2.15. The molecule has 3 aromatic carbocycles. The Morgan fingerprint density at radius 3 is 1.55 bits per heavy atom. The van der Waals surface area contributed by atoms with E-state index >= 15 is 0 Å². The van der Waals surface area contributed by atoms with Crippen LogP contribution in [0.25, 0.3) is 34.2 Å². The first-order valence-electron chi connectivity index (χ1n) is 14.9. The summed E-state index contributed by atoms with van der Waals surface area (Å²) in [6, 6.07) is 21.6. The van der Waals surface area contributed by atoms with Gasteiger partial charge in [-0.1, -0.05) is 124 Å². The van der Waals surface area contributed by atoms with Crippen LogP contribution in [-0.4, -0.2) is 26.7 Å². The Bertz CT molecular complexity index is 1270. The molecule has 0 spiro atoms. The molecule has 1 aromatic heterocycles. The number of nitrogens with zero attached hydrogens (tertiary/aromatic N) is 3. The van der Waals surface area contributed by atoms with E-state index in [1.807, 2.05) is 60.7 Å². The largest absolute Gasteiger partial charge is 0.507 e. The zero-order valence-corrected chi connectivity index (χ0v) is 24.3. The van der Waals surface area contributed by atoms with E-state index in [1.165, 1.54) is 68.9 Å².